The molecular weight excluding hydrogens is 290 g/mol. The second kappa shape index (κ2) is 7.65. The van der Waals surface area contributed by atoms with E-state index < -0.39 is 5.54 Å². The summed E-state index contributed by atoms with van der Waals surface area (Å²) in [4.78, 5) is 30.2. The number of carbonyl (C=O) groups excluding carboxylic acids is 2. The Morgan fingerprint density at radius 2 is 1.74 bits per heavy atom. The summed E-state index contributed by atoms with van der Waals surface area (Å²) < 4.78 is 0. The van der Waals surface area contributed by atoms with Crippen LogP contribution in [-0.2, 0) is 9.59 Å². The number of nitrogens with one attached hydrogen (secondary N) is 1. The van der Waals surface area contributed by atoms with Crippen molar-refractivity contribution in [1.82, 2.24) is 15.1 Å². The third-order valence-electron chi connectivity index (χ3n) is 5.19. The molecule has 0 aromatic carbocycles. The highest BCUT2D eigenvalue weighted by molar-refractivity contribution is 6.00. The zero-order valence-corrected chi connectivity index (χ0v) is 15.2. The number of carbonyl (C=O) groups is 2. The number of piperazine rings is 1. The first-order chi connectivity index (χ1) is 10.9. The van der Waals surface area contributed by atoms with Crippen LogP contribution in [0, 0.1) is 5.92 Å². The Morgan fingerprint density at radius 3 is 2.26 bits per heavy atom. The van der Waals surface area contributed by atoms with E-state index in [1.54, 1.807) is 0 Å². The summed E-state index contributed by atoms with van der Waals surface area (Å²) in [6.07, 6.45) is 4.28. The zero-order valence-electron chi connectivity index (χ0n) is 15.2. The third-order valence-corrected chi connectivity index (χ3v) is 5.19. The minimum atomic E-state index is -0.606. The average molecular weight is 323 g/mol. The minimum Gasteiger partial charge on any atom is -0.342 e. The van der Waals surface area contributed by atoms with E-state index in [9.17, 15) is 9.59 Å². The van der Waals surface area contributed by atoms with Gasteiger partial charge in [0.1, 0.15) is 11.6 Å². The lowest BCUT2D eigenvalue weighted by Crippen LogP contribution is -2.73. The van der Waals surface area contributed by atoms with Crippen molar-refractivity contribution in [2.45, 2.75) is 71.4 Å². The van der Waals surface area contributed by atoms with Gasteiger partial charge in [0, 0.05) is 19.6 Å². The summed E-state index contributed by atoms with van der Waals surface area (Å²) in [7, 11) is 0. The number of rotatable bonds is 6. The number of piperidine rings is 1. The van der Waals surface area contributed by atoms with Gasteiger partial charge >= 0.3 is 0 Å². The molecule has 0 aliphatic carbocycles. The summed E-state index contributed by atoms with van der Waals surface area (Å²) in [6, 6.07) is -0.339. The van der Waals surface area contributed by atoms with Crippen LogP contribution in [0.3, 0.4) is 0 Å². The lowest BCUT2D eigenvalue weighted by Gasteiger charge is -2.51. The van der Waals surface area contributed by atoms with E-state index in [1.165, 1.54) is 0 Å². The van der Waals surface area contributed by atoms with Crippen molar-refractivity contribution in [3.63, 3.8) is 0 Å². The van der Waals surface area contributed by atoms with Gasteiger partial charge in [0.2, 0.25) is 11.8 Å². The maximum Gasteiger partial charge on any atom is 0.246 e. The van der Waals surface area contributed by atoms with Crippen LogP contribution in [0.5, 0.6) is 0 Å². The van der Waals surface area contributed by atoms with Gasteiger partial charge in [-0.25, -0.2) is 0 Å². The van der Waals surface area contributed by atoms with Crippen molar-refractivity contribution in [3.8, 4) is 0 Å². The molecule has 2 rings (SSSR count). The number of nitrogens with zero attached hydrogens (tertiary/aromatic N) is 2. The number of likely N-dealkylation sites (tertiary alicyclic amines) is 1. The first-order valence-electron chi connectivity index (χ1n) is 9.29. The van der Waals surface area contributed by atoms with Crippen LogP contribution >= 0.6 is 0 Å². The fourth-order valence-corrected chi connectivity index (χ4v) is 4.01. The Morgan fingerprint density at radius 1 is 1.13 bits per heavy atom. The quantitative estimate of drug-likeness (QED) is 0.813. The molecule has 2 fully saturated rings. The van der Waals surface area contributed by atoms with E-state index in [0.29, 0.717) is 12.5 Å². The molecule has 5 nitrogen and oxygen atoms in total. The van der Waals surface area contributed by atoms with Crippen molar-refractivity contribution in [2.75, 3.05) is 26.2 Å². The van der Waals surface area contributed by atoms with Crippen molar-refractivity contribution < 1.29 is 9.59 Å². The van der Waals surface area contributed by atoms with Gasteiger partial charge in [0.15, 0.2) is 0 Å². The maximum atomic E-state index is 13.0. The fraction of sp³-hybridized carbons (Fsp3) is 0.889. The molecule has 132 valence electrons. The molecule has 1 atom stereocenters. The zero-order chi connectivity index (χ0) is 17.0. The normalized spacial score (nSPS) is 25.3. The molecule has 0 saturated carbocycles. The van der Waals surface area contributed by atoms with Crippen LogP contribution in [0.25, 0.3) is 0 Å². The van der Waals surface area contributed by atoms with Crippen LogP contribution in [0.15, 0.2) is 0 Å². The second-order valence-electron chi connectivity index (χ2n) is 7.52. The molecule has 1 unspecified atom stereocenters. The van der Waals surface area contributed by atoms with E-state index in [4.69, 9.17) is 0 Å². The maximum absolute atomic E-state index is 13.0. The van der Waals surface area contributed by atoms with Gasteiger partial charge in [-0.3, -0.25) is 9.59 Å². The van der Waals surface area contributed by atoms with Gasteiger partial charge in [0.25, 0.3) is 0 Å². The summed E-state index contributed by atoms with van der Waals surface area (Å²) in [5, 5.41) is 3.04. The number of hydrogen-bond acceptors (Lipinski definition) is 3. The van der Waals surface area contributed by atoms with E-state index in [1.807, 2.05) is 4.90 Å². The Kier molecular flexibility index (Phi) is 6.06. The van der Waals surface area contributed by atoms with Gasteiger partial charge < -0.3 is 15.1 Å². The Bertz CT molecular complexity index is 428. The largest absolute Gasteiger partial charge is 0.342 e. The minimum absolute atomic E-state index is 0.0762. The molecule has 2 aliphatic heterocycles. The standard InChI is InChI=1S/C18H33N3O2/c1-5-9-20-11-7-18(8-12-20)17(23)19-15(13-14(3)4)16(22)21(18)10-6-2/h14-15H,5-13H2,1-4H3,(H,19,23). The molecule has 0 bridgehead atoms. The summed E-state index contributed by atoms with van der Waals surface area (Å²) in [5.74, 6) is 0.601. The first-order valence-corrected chi connectivity index (χ1v) is 9.29. The molecule has 2 heterocycles. The molecule has 5 heteroatoms. The predicted octanol–water partition coefficient (Wildman–Crippen LogP) is 2.01. The summed E-state index contributed by atoms with van der Waals surface area (Å²) in [5.41, 5.74) is -0.606. The summed E-state index contributed by atoms with van der Waals surface area (Å²) in [6.45, 7) is 12.0. The van der Waals surface area contributed by atoms with Gasteiger partial charge in [0.05, 0.1) is 0 Å². The molecular formula is C18H33N3O2. The smallest absolute Gasteiger partial charge is 0.246 e. The van der Waals surface area contributed by atoms with Gasteiger partial charge in [-0.05, 0) is 44.6 Å². The van der Waals surface area contributed by atoms with E-state index in [0.717, 1.165) is 51.7 Å². The van der Waals surface area contributed by atoms with Crippen molar-refractivity contribution in [1.29, 1.82) is 0 Å². The van der Waals surface area contributed by atoms with Gasteiger partial charge in [-0.2, -0.15) is 0 Å². The Hall–Kier alpha value is -1.10. The molecule has 0 aromatic rings. The first kappa shape index (κ1) is 18.2. The molecule has 0 aromatic heterocycles. The van der Waals surface area contributed by atoms with Crippen molar-refractivity contribution >= 4 is 11.8 Å². The second-order valence-corrected chi connectivity index (χ2v) is 7.52. The molecule has 1 N–H and O–H groups in total. The Balaban J connectivity index is 2.18. The van der Waals surface area contributed by atoms with Crippen molar-refractivity contribution in [3.05, 3.63) is 0 Å². The van der Waals surface area contributed by atoms with Crippen molar-refractivity contribution in [2.24, 2.45) is 5.92 Å². The highest BCUT2D eigenvalue weighted by Gasteiger charge is 2.53. The Labute approximate surface area is 140 Å². The van der Waals surface area contributed by atoms with Crippen LogP contribution in [0.4, 0.5) is 0 Å². The third kappa shape index (κ3) is 3.70. The van der Waals surface area contributed by atoms with Crippen LogP contribution in [0.1, 0.15) is 59.8 Å². The van der Waals surface area contributed by atoms with Gasteiger partial charge in [-0.1, -0.05) is 27.7 Å². The lowest BCUT2D eigenvalue weighted by molar-refractivity contribution is -0.161. The molecule has 2 amide bonds. The highest BCUT2D eigenvalue weighted by Crippen LogP contribution is 2.34. The van der Waals surface area contributed by atoms with Gasteiger partial charge in [-0.15, -0.1) is 0 Å². The van der Waals surface area contributed by atoms with Crippen LogP contribution in [-0.4, -0.2) is 59.4 Å². The molecule has 1 spiro atoms. The number of hydrogen-bond donors (Lipinski definition) is 1. The summed E-state index contributed by atoms with van der Waals surface area (Å²) >= 11 is 0. The molecule has 2 aliphatic rings. The molecule has 0 radical (unpaired) electrons. The fourth-order valence-electron chi connectivity index (χ4n) is 4.01. The van der Waals surface area contributed by atoms with Crippen LogP contribution < -0.4 is 5.32 Å². The van der Waals surface area contributed by atoms with E-state index >= 15 is 0 Å². The molecule has 23 heavy (non-hydrogen) atoms. The lowest BCUT2D eigenvalue weighted by atomic mass is 9.81. The predicted molar refractivity (Wildman–Crippen MR) is 92.1 cm³/mol. The number of amides is 2. The van der Waals surface area contributed by atoms with Crippen LogP contribution in [0.2, 0.25) is 0 Å². The highest BCUT2D eigenvalue weighted by atomic mass is 16.2. The van der Waals surface area contributed by atoms with E-state index in [-0.39, 0.29) is 17.9 Å². The topological polar surface area (TPSA) is 52.7 Å². The SMILES string of the molecule is CCCN1CCC2(CC1)C(=O)NC(CC(C)C)C(=O)N2CCC. The monoisotopic (exact) mass is 323 g/mol. The average Bonchev–Trinajstić information content (AvgIpc) is 2.51. The molecule has 2 saturated heterocycles. The van der Waals surface area contributed by atoms with E-state index in [2.05, 4.69) is 37.9 Å².